The quantitative estimate of drug-likeness (QED) is 0.779. The van der Waals surface area contributed by atoms with Crippen molar-refractivity contribution in [3.8, 4) is 0 Å². The molecular formula is C11H16N2O2. The number of rotatable bonds is 5. The van der Waals surface area contributed by atoms with Gasteiger partial charge in [-0.2, -0.15) is 0 Å². The molecule has 0 aliphatic rings. The average molecular weight is 208 g/mol. The minimum Gasteiger partial charge on any atom is -0.478 e. The molecule has 0 amide bonds. The van der Waals surface area contributed by atoms with Gasteiger partial charge < -0.3 is 10.4 Å². The molecule has 4 heteroatoms. The molecule has 1 aromatic heterocycles. The van der Waals surface area contributed by atoms with Gasteiger partial charge in [-0.3, -0.25) is 0 Å². The topological polar surface area (TPSA) is 62.2 Å². The van der Waals surface area contributed by atoms with Crippen molar-refractivity contribution in [2.45, 2.75) is 32.7 Å². The fraction of sp³-hybridized carbons (Fsp3) is 0.455. The molecule has 0 bridgehead atoms. The van der Waals surface area contributed by atoms with Crippen LogP contribution in [0.5, 0.6) is 0 Å². The molecule has 1 heterocycles. The van der Waals surface area contributed by atoms with Crippen molar-refractivity contribution in [1.29, 1.82) is 0 Å². The van der Waals surface area contributed by atoms with Crippen LogP contribution in [0.3, 0.4) is 0 Å². The fourth-order valence-electron chi connectivity index (χ4n) is 1.38. The molecule has 0 fully saturated rings. The molecule has 15 heavy (non-hydrogen) atoms. The van der Waals surface area contributed by atoms with Gasteiger partial charge in [0.15, 0.2) is 0 Å². The summed E-state index contributed by atoms with van der Waals surface area (Å²) < 4.78 is 0. The lowest BCUT2D eigenvalue weighted by atomic mass is 10.1. The smallest absolute Gasteiger partial charge is 0.339 e. The molecule has 0 saturated heterocycles. The van der Waals surface area contributed by atoms with E-state index in [0.717, 1.165) is 12.8 Å². The summed E-state index contributed by atoms with van der Waals surface area (Å²) in [6, 6.07) is 3.46. The molecule has 0 aliphatic heterocycles. The Morgan fingerprint density at radius 2 is 2.20 bits per heavy atom. The molecule has 2 N–H and O–H groups in total. The minimum atomic E-state index is -0.948. The molecule has 1 aromatic rings. The summed E-state index contributed by atoms with van der Waals surface area (Å²) in [4.78, 5) is 14.9. The molecule has 0 aliphatic carbocycles. The lowest BCUT2D eigenvalue weighted by molar-refractivity contribution is 0.0697. The van der Waals surface area contributed by atoms with Crippen LogP contribution in [-0.2, 0) is 0 Å². The van der Waals surface area contributed by atoms with E-state index in [-0.39, 0.29) is 11.6 Å². The number of carboxylic acid groups (broad SMARTS) is 1. The summed E-state index contributed by atoms with van der Waals surface area (Å²) in [7, 11) is 0. The number of carbonyl (C=O) groups is 1. The van der Waals surface area contributed by atoms with Crippen LogP contribution in [-0.4, -0.2) is 22.1 Å². The maximum absolute atomic E-state index is 10.9. The molecule has 1 rings (SSSR count). The molecule has 0 aromatic carbocycles. The predicted molar refractivity (Wildman–Crippen MR) is 59.2 cm³/mol. The molecule has 82 valence electrons. The maximum Gasteiger partial charge on any atom is 0.339 e. The van der Waals surface area contributed by atoms with Gasteiger partial charge in [-0.05, 0) is 25.0 Å². The van der Waals surface area contributed by atoms with E-state index in [1.165, 1.54) is 0 Å². The van der Waals surface area contributed by atoms with E-state index in [0.29, 0.717) is 5.82 Å². The Kier molecular flexibility index (Phi) is 4.09. The van der Waals surface area contributed by atoms with Gasteiger partial charge in [-0.1, -0.05) is 13.8 Å². The Bertz CT molecular complexity index is 335. The summed E-state index contributed by atoms with van der Waals surface area (Å²) in [6.07, 6.45) is 3.50. The third kappa shape index (κ3) is 2.94. The van der Waals surface area contributed by atoms with Crippen LogP contribution < -0.4 is 5.32 Å². The van der Waals surface area contributed by atoms with Crippen molar-refractivity contribution in [1.82, 2.24) is 4.98 Å². The second-order valence-corrected chi connectivity index (χ2v) is 3.36. The number of pyridine rings is 1. The van der Waals surface area contributed by atoms with Crippen molar-refractivity contribution < 1.29 is 9.90 Å². The van der Waals surface area contributed by atoms with Crippen LogP contribution in [0.1, 0.15) is 37.0 Å². The maximum atomic E-state index is 10.9. The van der Waals surface area contributed by atoms with Gasteiger partial charge in [0.25, 0.3) is 0 Å². The van der Waals surface area contributed by atoms with Gasteiger partial charge >= 0.3 is 5.97 Å². The summed E-state index contributed by atoms with van der Waals surface area (Å²) in [5.41, 5.74) is 0.226. The van der Waals surface area contributed by atoms with Crippen molar-refractivity contribution in [2.24, 2.45) is 0 Å². The van der Waals surface area contributed by atoms with Gasteiger partial charge in [0.1, 0.15) is 11.4 Å². The summed E-state index contributed by atoms with van der Waals surface area (Å²) >= 11 is 0. The standard InChI is InChI=1S/C11H16N2O2/c1-3-8(4-2)13-10-9(11(14)15)6-5-7-12-10/h5-8H,3-4H2,1-2H3,(H,12,13)(H,14,15). The minimum absolute atomic E-state index is 0.226. The number of hydrogen-bond acceptors (Lipinski definition) is 3. The van der Waals surface area contributed by atoms with E-state index in [4.69, 9.17) is 5.11 Å². The summed E-state index contributed by atoms with van der Waals surface area (Å²) in [5, 5.41) is 12.1. The zero-order valence-corrected chi connectivity index (χ0v) is 9.03. The van der Waals surface area contributed by atoms with Crippen molar-refractivity contribution in [3.05, 3.63) is 23.9 Å². The van der Waals surface area contributed by atoms with Crippen LogP contribution >= 0.6 is 0 Å². The lowest BCUT2D eigenvalue weighted by Crippen LogP contribution is -2.19. The molecular weight excluding hydrogens is 192 g/mol. The fourth-order valence-corrected chi connectivity index (χ4v) is 1.38. The Morgan fingerprint density at radius 1 is 1.53 bits per heavy atom. The number of nitrogens with zero attached hydrogens (tertiary/aromatic N) is 1. The second kappa shape index (κ2) is 5.34. The van der Waals surface area contributed by atoms with Crippen molar-refractivity contribution >= 4 is 11.8 Å². The first kappa shape index (κ1) is 11.5. The van der Waals surface area contributed by atoms with E-state index in [1.54, 1.807) is 18.3 Å². The number of carboxylic acids is 1. The Morgan fingerprint density at radius 3 is 2.73 bits per heavy atom. The molecule has 4 nitrogen and oxygen atoms in total. The third-order valence-electron chi connectivity index (χ3n) is 2.36. The Balaban J connectivity index is 2.88. The van der Waals surface area contributed by atoms with Gasteiger partial charge in [-0.25, -0.2) is 9.78 Å². The Labute approximate surface area is 89.3 Å². The monoisotopic (exact) mass is 208 g/mol. The van der Waals surface area contributed by atoms with Crippen LogP contribution in [0.2, 0.25) is 0 Å². The predicted octanol–water partition coefficient (Wildman–Crippen LogP) is 2.38. The zero-order chi connectivity index (χ0) is 11.3. The van der Waals surface area contributed by atoms with Gasteiger partial charge in [0.2, 0.25) is 0 Å². The average Bonchev–Trinajstić information content (AvgIpc) is 2.26. The first-order valence-corrected chi connectivity index (χ1v) is 5.13. The van der Waals surface area contributed by atoms with E-state index in [1.807, 2.05) is 0 Å². The molecule has 0 spiro atoms. The Hall–Kier alpha value is -1.58. The van der Waals surface area contributed by atoms with E-state index in [2.05, 4.69) is 24.1 Å². The largest absolute Gasteiger partial charge is 0.478 e. The zero-order valence-electron chi connectivity index (χ0n) is 9.03. The van der Waals surface area contributed by atoms with Crippen LogP contribution in [0.15, 0.2) is 18.3 Å². The molecule has 0 unspecified atom stereocenters. The third-order valence-corrected chi connectivity index (χ3v) is 2.36. The molecule has 0 saturated carbocycles. The first-order valence-electron chi connectivity index (χ1n) is 5.13. The number of anilines is 1. The van der Waals surface area contributed by atoms with E-state index < -0.39 is 5.97 Å². The summed E-state index contributed by atoms with van der Waals surface area (Å²) in [5.74, 6) is -0.491. The van der Waals surface area contributed by atoms with E-state index >= 15 is 0 Å². The van der Waals surface area contributed by atoms with Crippen molar-refractivity contribution in [2.75, 3.05) is 5.32 Å². The normalized spacial score (nSPS) is 10.3. The van der Waals surface area contributed by atoms with Gasteiger partial charge in [-0.15, -0.1) is 0 Å². The lowest BCUT2D eigenvalue weighted by Gasteiger charge is -2.16. The highest BCUT2D eigenvalue weighted by Crippen LogP contribution is 2.14. The van der Waals surface area contributed by atoms with Crippen LogP contribution in [0.4, 0.5) is 5.82 Å². The highest BCUT2D eigenvalue weighted by molar-refractivity contribution is 5.93. The first-order chi connectivity index (χ1) is 7.19. The molecule has 0 atom stereocenters. The van der Waals surface area contributed by atoms with Gasteiger partial charge in [0.05, 0.1) is 0 Å². The highest BCUT2D eigenvalue weighted by atomic mass is 16.4. The number of aromatic carboxylic acids is 1. The van der Waals surface area contributed by atoms with Crippen LogP contribution in [0.25, 0.3) is 0 Å². The van der Waals surface area contributed by atoms with Crippen molar-refractivity contribution in [3.63, 3.8) is 0 Å². The number of hydrogen-bond donors (Lipinski definition) is 2. The number of nitrogens with one attached hydrogen (secondary N) is 1. The second-order valence-electron chi connectivity index (χ2n) is 3.36. The van der Waals surface area contributed by atoms with Gasteiger partial charge in [0, 0.05) is 12.2 Å². The SMILES string of the molecule is CCC(CC)Nc1ncccc1C(=O)O. The number of aromatic nitrogens is 1. The molecule has 0 radical (unpaired) electrons. The van der Waals surface area contributed by atoms with Crippen LogP contribution in [0, 0.1) is 0 Å². The highest BCUT2D eigenvalue weighted by Gasteiger charge is 2.12. The van der Waals surface area contributed by atoms with E-state index in [9.17, 15) is 4.79 Å². The summed E-state index contributed by atoms with van der Waals surface area (Å²) in [6.45, 7) is 4.12.